The molecule has 0 saturated carbocycles. The van der Waals surface area contributed by atoms with E-state index in [1.54, 1.807) is 18.2 Å². The monoisotopic (exact) mass is 294 g/mol. The number of benzene rings is 1. The maximum absolute atomic E-state index is 12.0. The van der Waals surface area contributed by atoms with E-state index in [2.05, 4.69) is 4.90 Å². The predicted molar refractivity (Wildman–Crippen MR) is 75.4 cm³/mol. The zero-order valence-electron chi connectivity index (χ0n) is 11.0. The summed E-state index contributed by atoms with van der Waals surface area (Å²) in [6.45, 7) is 4.38. The number of Topliss-reactive ketones (excluding diaryl/α,β-unsaturated/α-hetero) is 1. The summed E-state index contributed by atoms with van der Waals surface area (Å²) in [6, 6.07) is 4.93. The van der Waals surface area contributed by atoms with Crippen molar-refractivity contribution in [2.24, 2.45) is 0 Å². The Morgan fingerprint density at radius 3 is 2.65 bits per heavy atom. The molecule has 1 amide bonds. The second-order valence-corrected chi connectivity index (χ2v) is 5.34. The highest BCUT2D eigenvalue weighted by Crippen LogP contribution is 2.31. The molecule has 0 aromatic heterocycles. The molecule has 1 fully saturated rings. The molecule has 5 nitrogen and oxygen atoms in total. The first-order chi connectivity index (χ1) is 9.66. The molecule has 1 aromatic rings. The summed E-state index contributed by atoms with van der Waals surface area (Å²) >= 11 is 5.96. The SMILES string of the molecule is O=C1C(=O)N(CCN2CCOCC2)c2cc(Cl)ccc21. The molecule has 6 heteroatoms. The Bertz CT molecular complexity index is 555. The molecule has 2 aliphatic rings. The van der Waals surface area contributed by atoms with Crippen molar-refractivity contribution in [3.63, 3.8) is 0 Å². The number of hydrogen-bond acceptors (Lipinski definition) is 4. The van der Waals surface area contributed by atoms with E-state index in [1.807, 2.05) is 0 Å². The number of hydrogen-bond donors (Lipinski definition) is 0. The molecule has 0 spiro atoms. The number of amides is 1. The number of halogens is 1. The highest BCUT2D eigenvalue weighted by molar-refractivity contribution is 6.52. The third-order valence-electron chi connectivity index (χ3n) is 3.68. The van der Waals surface area contributed by atoms with Crippen LogP contribution in [0, 0.1) is 0 Å². The fourth-order valence-electron chi connectivity index (χ4n) is 2.56. The Hall–Kier alpha value is -1.43. The van der Waals surface area contributed by atoms with E-state index < -0.39 is 11.7 Å². The van der Waals surface area contributed by atoms with Gasteiger partial charge in [0.25, 0.3) is 11.7 Å². The van der Waals surface area contributed by atoms with Gasteiger partial charge in [0.15, 0.2) is 0 Å². The van der Waals surface area contributed by atoms with Crippen molar-refractivity contribution < 1.29 is 14.3 Å². The minimum Gasteiger partial charge on any atom is -0.379 e. The van der Waals surface area contributed by atoms with Gasteiger partial charge in [-0.3, -0.25) is 14.5 Å². The number of anilines is 1. The van der Waals surface area contributed by atoms with Crippen LogP contribution in [-0.2, 0) is 9.53 Å². The van der Waals surface area contributed by atoms with Crippen molar-refractivity contribution >= 4 is 29.0 Å². The van der Waals surface area contributed by atoms with Crippen LogP contribution in [0.15, 0.2) is 18.2 Å². The second-order valence-electron chi connectivity index (χ2n) is 4.90. The maximum Gasteiger partial charge on any atom is 0.299 e. The number of rotatable bonds is 3. The fraction of sp³-hybridized carbons (Fsp3) is 0.429. The first kappa shape index (κ1) is 13.5. The van der Waals surface area contributed by atoms with Gasteiger partial charge in [-0.2, -0.15) is 0 Å². The summed E-state index contributed by atoms with van der Waals surface area (Å²) in [5.41, 5.74) is 1.07. The van der Waals surface area contributed by atoms with E-state index in [1.165, 1.54) is 4.90 Å². The maximum atomic E-state index is 12.0. The normalized spacial score (nSPS) is 19.6. The van der Waals surface area contributed by atoms with Crippen molar-refractivity contribution in [3.8, 4) is 0 Å². The lowest BCUT2D eigenvalue weighted by molar-refractivity contribution is -0.114. The standard InChI is InChI=1S/C14H15ClN2O3/c15-10-1-2-11-12(9-10)17(14(19)13(11)18)4-3-16-5-7-20-8-6-16/h1-2,9H,3-8H2. The van der Waals surface area contributed by atoms with E-state index in [4.69, 9.17) is 16.3 Å². The third-order valence-corrected chi connectivity index (χ3v) is 3.91. The van der Waals surface area contributed by atoms with E-state index in [0.29, 0.717) is 22.8 Å². The van der Waals surface area contributed by atoms with Crippen molar-refractivity contribution in [1.29, 1.82) is 0 Å². The summed E-state index contributed by atoms with van der Waals surface area (Å²) in [7, 11) is 0. The molecule has 20 heavy (non-hydrogen) atoms. The molecule has 0 atom stereocenters. The largest absolute Gasteiger partial charge is 0.379 e. The number of carbonyl (C=O) groups is 2. The van der Waals surface area contributed by atoms with Crippen LogP contribution in [0.25, 0.3) is 0 Å². The molecular formula is C14H15ClN2O3. The van der Waals surface area contributed by atoms with Crippen LogP contribution in [0.2, 0.25) is 5.02 Å². The van der Waals surface area contributed by atoms with Gasteiger partial charge in [0.1, 0.15) is 0 Å². The van der Waals surface area contributed by atoms with Crippen molar-refractivity contribution in [2.75, 3.05) is 44.3 Å². The van der Waals surface area contributed by atoms with Gasteiger partial charge in [0.05, 0.1) is 24.5 Å². The Labute approximate surface area is 122 Å². The van der Waals surface area contributed by atoms with Gasteiger partial charge in [-0.05, 0) is 18.2 Å². The molecule has 106 valence electrons. The lowest BCUT2D eigenvalue weighted by atomic mass is 10.1. The fourth-order valence-corrected chi connectivity index (χ4v) is 2.72. The average molecular weight is 295 g/mol. The summed E-state index contributed by atoms with van der Waals surface area (Å²) in [5.74, 6) is -0.908. The van der Waals surface area contributed by atoms with Gasteiger partial charge in [-0.15, -0.1) is 0 Å². The smallest absolute Gasteiger partial charge is 0.299 e. The Kier molecular flexibility index (Phi) is 3.74. The van der Waals surface area contributed by atoms with E-state index in [0.717, 1.165) is 32.8 Å². The van der Waals surface area contributed by atoms with Crippen molar-refractivity contribution in [2.45, 2.75) is 0 Å². The van der Waals surface area contributed by atoms with Gasteiger partial charge in [-0.25, -0.2) is 0 Å². The van der Waals surface area contributed by atoms with Crippen molar-refractivity contribution in [3.05, 3.63) is 28.8 Å². The van der Waals surface area contributed by atoms with Gasteiger partial charge >= 0.3 is 0 Å². The van der Waals surface area contributed by atoms with Crippen LogP contribution in [0.1, 0.15) is 10.4 Å². The van der Waals surface area contributed by atoms with Gasteiger partial charge < -0.3 is 9.64 Å². The van der Waals surface area contributed by atoms with Crippen molar-refractivity contribution in [1.82, 2.24) is 4.90 Å². The molecule has 1 aromatic carbocycles. The predicted octanol–water partition coefficient (Wildman–Crippen LogP) is 1.20. The second kappa shape index (κ2) is 5.52. The zero-order chi connectivity index (χ0) is 14.1. The molecule has 0 radical (unpaired) electrons. The molecule has 0 aliphatic carbocycles. The number of nitrogens with zero attached hydrogens (tertiary/aromatic N) is 2. The lowest BCUT2D eigenvalue weighted by Crippen LogP contribution is -2.42. The van der Waals surface area contributed by atoms with Crippen LogP contribution < -0.4 is 4.90 Å². The van der Waals surface area contributed by atoms with Crippen LogP contribution in [0.3, 0.4) is 0 Å². The van der Waals surface area contributed by atoms with E-state index in [9.17, 15) is 9.59 Å². The zero-order valence-corrected chi connectivity index (χ0v) is 11.7. The molecule has 3 rings (SSSR count). The Balaban J connectivity index is 1.75. The first-order valence-electron chi connectivity index (χ1n) is 6.62. The Morgan fingerprint density at radius 2 is 1.90 bits per heavy atom. The Morgan fingerprint density at radius 1 is 1.15 bits per heavy atom. The van der Waals surface area contributed by atoms with Crippen LogP contribution in [0.5, 0.6) is 0 Å². The third kappa shape index (κ3) is 2.44. The summed E-state index contributed by atoms with van der Waals surface area (Å²) in [4.78, 5) is 27.7. The molecule has 0 unspecified atom stereocenters. The number of ketones is 1. The number of ether oxygens (including phenoxy) is 1. The quantitative estimate of drug-likeness (QED) is 0.786. The molecule has 2 aliphatic heterocycles. The van der Waals surface area contributed by atoms with Gasteiger partial charge in [-0.1, -0.05) is 11.6 Å². The van der Waals surface area contributed by atoms with Crippen LogP contribution in [-0.4, -0.2) is 56.0 Å². The van der Waals surface area contributed by atoms with Crippen LogP contribution >= 0.6 is 11.6 Å². The van der Waals surface area contributed by atoms with Crippen LogP contribution in [0.4, 0.5) is 5.69 Å². The minimum absolute atomic E-state index is 0.446. The molecule has 0 N–H and O–H groups in total. The molecular weight excluding hydrogens is 280 g/mol. The minimum atomic E-state index is -0.462. The lowest BCUT2D eigenvalue weighted by Gasteiger charge is -2.28. The average Bonchev–Trinajstić information content (AvgIpc) is 2.70. The summed E-state index contributed by atoms with van der Waals surface area (Å²) in [6.07, 6.45) is 0. The molecule has 0 bridgehead atoms. The highest BCUT2D eigenvalue weighted by Gasteiger charge is 2.35. The van der Waals surface area contributed by atoms with E-state index in [-0.39, 0.29) is 0 Å². The molecule has 2 heterocycles. The van der Waals surface area contributed by atoms with Gasteiger partial charge in [0.2, 0.25) is 0 Å². The van der Waals surface area contributed by atoms with Gasteiger partial charge in [0, 0.05) is 31.2 Å². The number of morpholine rings is 1. The number of fused-ring (bicyclic) bond motifs is 1. The number of carbonyl (C=O) groups excluding carboxylic acids is 2. The topological polar surface area (TPSA) is 49.9 Å². The summed E-state index contributed by atoms with van der Waals surface area (Å²) in [5, 5.41) is 0.530. The summed E-state index contributed by atoms with van der Waals surface area (Å²) < 4.78 is 5.29. The highest BCUT2D eigenvalue weighted by atomic mass is 35.5. The first-order valence-corrected chi connectivity index (χ1v) is 7.00. The molecule has 1 saturated heterocycles. The van der Waals surface area contributed by atoms with E-state index >= 15 is 0 Å².